The molecule has 0 N–H and O–H groups in total. The zero-order valence-electron chi connectivity index (χ0n) is 7.37. The molecular formula is C9H9BrFNO2. The number of hydrogen-bond acceptors (Lipinski definition) is 2. The van der Waals surface area contributed by atoms with Crippen molar-refractivity contribution in [2.24, 2.45) is 0 Å². The predicted octanol–water partition coefficient (Wildman–Crippen LogP) is 3.06. The second kappa shape index (κ2) is 5.05. The molecule has 0 saturated carbocycles. The van der Waals surface area contributed by atoms with Crippen LogP contribution in [0.1, 0.15) is 12.0 Å². The summed E-state index contributed by atoms with van der Waals surface area (Å²) in [5.41, 5.74) is -0.0456. The van der Waals surface area contributed by atoms with Gasteiger partial charge < -0.3 is 0 Å². The van der Waals surface area contributed by atoms with Gasteiger partial charge >= 0.3 is 5.69 Å². The van der Waals surface area contributed by atoms with Crippen LogP contribution in [0.15, 0.2) is 18.2 Å². The number of nitro groups is 1. The van der Waals surface area contributed by atoms with Gasteiger partial charge in [-0.25, -0.2) is 0 Å². The Balaban J connectivity index is 2.95. The highest BCUT2D eigenvalue weighted by Crippen LogP contribution is 2.21. The maximum atomic E-state index is 13.4. The van der Waals surface area contributed by atoms with Crippen LogP contribution in [-0.2, 0) is 6.42 Å². The molecule has 0 aliphatic heterocycles. The summed E-state index contributed by atoms with van der Waals surface area (Å²) in [4.78, 5) is 9.70. The van der Waals surface area contributed by atoms with Gasteiger partial charge in [-0.3, -0.25) is 10.1 Å². The molecule has 0 aliphatic carbocycles. The van der Waals surface area contributed by atoms with Crippen LogP contribution < -0.4 is 0 Å². The molecule has 76 valence electrons. The summed E-state index contributed by atoms with van der Waals surface area (Å²) in [5, 5.41) is 11.2. The van der Waals surface area contributed by atoms with Gasteiger partial charge in [-0.15, -0.1) is 0 Å². The van der Waals surface area contributed by atoms with Gasteiger partial charge in [0.1, 0.15) is 0 Å². The highest BCUT2D eigenvalue weighted by atomic mass is 79.9. The van der Waals surface area contributed by atoms with Crippen molar-refractivity contribution in [2.45, 2.75) is 12.8 Å². The lowest BCUT2D eigenvalue weighted by Crippen LogP contribution is -1.97. The molecule has 0 heterocycles. The Hall–Kier alpha value is -0.970. The number of rotatable bonds is 4. The van der Waals surface area contributed by atoms with Gasteiger partial charge in [0.05, 0.1) is 4.92 Å². The molecule has 0 aromatic heterocycles. The van der Waals surface area contributed by atoms with Crippen LogP contribution >= 0.6 is 15.9 Å². The van der Waals surface area contributed by atoms with E-state index in [1.165, 1.54) is 12.1 Å². The standard InChI is InChI=1S/C9H9BrFNO2/c10-6-2-4-7-3-1-5-8(9(7)11)12(13)14/h1,3,5H,2,4,6H2. The van der Waals surface area contributed by atoms with Crippen LogP contribution in [-0.4, -0.2) is 10.3 Å². The molecule has 0 unspecified atom stereocenters. The minimum atomic E-state index is -0.710. The number of benzene rings is 1. The number of nitrogens with zero attached hydrogens (tertiary/aromatic N) is 1. The topological polar surface area (TPSA) is 43.1 Å². The smallest absolute Gasteiger partial charge is 0.258 e. The third-order valence-electron chi connectivity index (χ3n) is 1.83. The van der Waals surface area contributed by atoms with Gasteiger partial charge in [-0.05, 0) is 18.4 Å². The molecule has 0 amide bonds. The van der Waals surface area contributed by atoms with Crippen molar-refractivity contribution in [3.8, 4) is 0 Å². The first-order valence-corrected chi connectivity index (χ1v) is 5.26. The first-order chi connectivity index (χ1) is 6.66. The van der Waals surface area contributed by atoms with Gasteiger partial charge in [0, 0.05) is 11.4 Å². The van der Waals surface area contributed by atoms with Crippen molar-refractivity contribution in [1.29, 1.82) is 0 Å². The molecule has 0 spiro atoms. The first kappa shape index (κ1) is 11.1. The van der Waals surface area contributed by atoms with Crippen LogP contribution in [0.2, 0.25) is 0 Å². The van der Waals surface area contributed by atoms with Crippen LogP contribution in [0.3, 0.4) is 0 Å². The Morgan fingerprint density at radius 3 is 2.79 bits per heavy atom. The van der Waals surface area contributed by atoms with E-state index < -0.39 is 16.4 Å². The summed E-state index contributed by atoms with van der Waals surface area (Å²) in [6, 6.07) is 4.25. The molecule has 0 bridgehead atoms. The zero-order valence-corrected chi connectivity index (χ0v) is 8.96. The minimum absolute atomic E-state index is 0.402. The van der Waals surface area contributed by atoms with E-state index in [0.717, 1.165) is 11.8 Å². The SMILES string of the molecule is O=[N+]([O-])c1cccc(CCCBr)c1F. The van der Waals surface area contributed by atoms with E-state index >= 15 is 0 Å². The number of alkyl halides is 1. The fourth-order valence-electron chi connectivity index (χ4n) is 1.16. The molecule has 0 saturated heterocycles. The average molecular weight is 262 g/mol. The van der Waals surface area contributed by atoms with Crippen molar-refractivity contribution < 1.29 is 9.31 Å². The normalized spacial score (nSPS) is 10.1. The Kier molecular flexibility index (Phi) is 4.00. The maximum Gasteiger partial charge on any atom is 0.305 e. The molecule has 1 aromatic rings. The molecule has 14 heavy (non-hydrogen) atoms. The second-order valence-electron chi connectivity index (χ2n) is 2.80. The van der Waals surface area contributed by atoms with Gasteiger partial charge in [0.25, 0.3) is 0 Å². The lowest BCUT2D eigenvalue weighted by molar-refractivity contribution is -0.387. The van der Waals surface area contributed by atoms with Crippen molar-refractivity contribution in [2.75, 3.05) is 5.33 Å². The third-order valence-corrected chi connectivity index (χ3v) is 2.40. The summed E-state index contributed by atoms with van der Waals surface area (Å²) < 4.78 is 13.4. The molecular weight excluding hydrogens is 253 g/mol. The lowest BCUT2D eigenvalue weighted by Gasteiger charge is -2.01. The lowest BCUT2D eigenvalue weighted by atomic mass is 10.1. The molecule has 3 nitrogen and oxygen atoms in total. The van der Waals surface area contributed by atoms with Crippen molar-refractivity contribution >= 4 is 21.6 Å². The highest BCUT2D eigenvalue weighted by Gasteiger charge is 2.16. The summed E-state index contributed by atoms with van der Waals surface area (Å²) in [6.07, 6.45) is 1.27. The van der Waals surface area contributed by atoms with E-state index in [-0.39, 0.29) is 0 Å². The summed E-state index contributed by atoms with van der Waals surface area (Å²) in [6.45, 7) is 0. The molecule has 5 heteroatoms. The quantitative estimate of drug-likeness (QED) is 0.475. The van der Waals surface area contributed by atoms with E-state index in [0.29, 0.717) is 12.0 Å². The average Bonchev–Trinajstić information content (AvgIpc) is 2.16. The Morgan fingerprint density at radius 1 is 1.50 bits per heavy atom. The van der Waals surface area contributed by atoms with Gasteiger partial charge in [0.15, 0.2) is 0 Å². The maximum absolute atomic E-state index is 13.4. The van der Waals surface area contributed by atoms with Crippen LogP contribution in [0.4, 0.5) is 10.1 Å². The molecule has 0 fully saturated rings. The van der Waals surface area contributed by atoms with Crippen molar-refractivity contribution in [3.05, 3.63) is 39.7 Å². The van der Waals surface area contributed by atoms with E-state index in [9.17, 15) is 14.5 Å². The fraction of sp³-hybridized carbons (Fsp3) is 0.333. The van der Waals surface area contributed by atoms with E-state index in [2.05, 4.69) is 15.9 Å². The van der Waals surface area contributed by atoms with Crippen molar-refractivity contribution in [1.82, 2.24) is 0 Å². The molecule has 1 rings (SSSR count). The van der Waals surface area contributed by atoms with Gasteiger partial charge in [-0.2, -0.15) is 4.39 Å². The third kappa shape index (κ3) is 2.51. The van der Waals surface area contributed by atoms with E-state index in [1.807, 2.05) is 0 Å². The van der Waals surface area contributed by atoms with E-state index in [1.54, 1.807) is 6.07 Å². The number of nitro benzene ring substituents is 1. The number of halogens is 2. The Labute approximate surface area is 89.2 Å². The highest BCUT2D eigenvalue weighted by molar-refractivity contribution is 9.09. The number of hydrogen-bond donors (Lipinski definition) is 0. The van der Waals surface area contributed by atoms with E-state index in [4.69, 9.17) is 0 Å². The fourth-order valence-corrected chi connectivity index (χ4v) is 1.44. The molecule has 0 radical (unpaired) electrons. The molecule has 0 atom stereocenters. The first-order valence-electron chi connectivity index (χ1n) is 4.14. The summed E-state index contributed by atoms with van der Waals surface area (Å²) >= 11 is 3.22. The predicted molar refractivity (Wildman–Crippen MR) is 55.2 cm³/mol. The minimum Gasteiger partial charge on any atom is -0.258 e. The largest absolute Gasteiger partial charge is 0.305 e. The van der Waals surface area contributed by atoms with Crippen LogP contribution in [0.25, 0.3) is 0 Å². The zero-order chi connectivity index (χ0) is 10.6. The van der Waals surface area contributed by atoms with Gasteiger partial charge in [-0.1, -0.05) is 28.1 Å². The van der Waals surface area contributed by atoms with Gasteiger partial charge in [0.2, 0.25) is 5.82 Å². The summed E-state index contributed by atoms with van der Waals surface area (Å²) in [7, 11) is 0. The Bertz CT molecular complexity index is 344. The monoisotopic (exact) mass is 261 g/mol. The van der Waals surface area contributed by atoms with Crippen LogP contribution in [0, 0.1) is 15.9 Å². The second-order valence-corrected chi connectivity index (χ2v) is 3.59. The number of aryl methyl sites for hydroxylation is 1. The molecule has 0 aliphatic rings. The van der Waals surface area contributed by atoms with Crippen molar-refractivity contribution in [3.63, 3.8) is 0 Å². The Morgan fingerprint density at radius 2 is 2.21 bits per heavy atom. The summed E-state index contributed by atoms with van der Waals surface area (Å²) in [5.74, 6) is -0.710. The van der Waals surface area contributed by atoms with Crippen LogP contribution in [0.5, 0.6) is 0 Å². The molecule has 1 aromatic carbocycles.